The maximum absolute atomic E-state index is 11.6. The molecule has 1 saturated heterocycles. The summed E-state index contributed by atoms with van der Waals surface area (Å²) in [7, 11) is 0. The van der Waals surface area contributed by atoms with Gasteiger partial charge in [-0.05, 0) is 26.2 Å². The van der Waals surface area contributed by atoms with Gasteiger partial charge < -0.3 is 16.4 Å². The van der Waals surface area contributed by atoms with E-state index in [4.69, 9.17) is 11.5 Å². The largest absolute Gasteiger partial charge is 0.337 e. The van der Waals surface area contributed by atoms with Crippen LogP contribution in [0.5, 0.6) is 0 Å². The van der Waals surface area contributed by atoms with Gasteiger partial charge in [0.25, 0.3) is 0 Å². The summed E-state index contributed by atoms with van der Waals surface area (Å²) in [6.45, 7) is 3.10. The Morgan fingerprint density at radius 2 is 2.31 bits per heavy atom. The number of hydrogen-bond acceptors (Lipinski definition) is 3. The molecule has 1 heterocycles. The maximum atomic E-state index is 11.6. The van der Waals surface area contributed by atoms with E-state index in [-0.39, 0.29) is 11.9 Å². The van der Waals surface area contributed by atoms with Gasteiger partial charge in [0.1, 0.15) is 0 Å². The Morgan fingerprint density at radius 1 is 1.62 bits per heavy atom. The van der Waals surface area contributed by atoms with Crippen molar-refractivity contribution in [1.82, 2.24) is 4.90 Å². The van der Waals surface area contributed by atoms with Crippen molar-refractivity contribution in [3.63, 3.8) is 0 Å². The molecule has 1 aliphatic rings. The Bertz CT molecular complexity index is 182. The summed E-state index contributed by atoms with van der Waals surface area (Å²) in [6, 6.07) is -0.181. The number of carbonyl (C=O) groups is 1. The summed E-state index contributed by atoms with van der Waals surface area (Å²) >= 11 is 0. The third kappa shape index (κ3) is 2.42. The predicted octanol–water partition coefficient (Wildman–Crippen LogP) is -0.327. The van der Waals surface area contributed by atoms with E-state index in [1.54, 1.807) is 6.92 Å². The van der Waals surface area contributed by atoms with E-state index in [1.807, 2.05) is 4.90 Å². The summed E-state index contributed by atoms with van der Waals surface area (Å²) in [5.74, 6) is 0.0372. The van der Waals surface area contributed by atoms with Gasteiger partial charge in [-0.15, -0.1) is 0 Å². The Hall–Kier alpha value is -0.610. The zero-order valence-corrected chi connectivity index (χ0v) is 8.20. The Morgan fingerprint density at radius 3 is 2.85 bits per heavy atom. The van der Waals surface area contributed by atoms with E-state index in [9.17, 15) is 4.79 Å². The molecule has 2 atom stereocenters. The normalized spacial score (nSPS) is 25.8. The van der Waals surface area contributed by atoms with Crippen molar-refractivity contribution in [2.24, 2.45) is 11.5 Å². The average Bonchev–Trinajstić information content (AvgIpc) is 2.16. The molecule has 4 N–H and O–H groups in total. The molecule has 0 aromatic carbocycles. The third-order valence-electron chi connectivity index (χ3n) is 2.57. The molecule has 0 aromatic rings. The van der Waals surface area contributed by atoms with E-state index in [2.05, 4.69) is 0 Å². The number of carbonyl (C=O) groups excluding carboxylic acids is 1. The highest BCUT2D eigenvalue weighted by Crippen LogP contribution is 2.16. The van der Waals surface area contributed by atoms with Crippen LogP contribution in [0.3, 0.4) is 0 Å². The van der Waals surface area contributed by atoms with Crippen LogP contribution in [-0.2, 0) is 4.79 Å². The van der Waals surface area contributed by atoms with E-state index in [0.29, 0.717) is 6.54 Å². The molecule has 1 amide bonds. The van der Waals surface area contributed by atoms with Crippen molar-refractivity contribution >= 4 is 5.91 Å². The van der Waals surface area contributed by atoms with Gasteiger partial charge in [0.2, 0.25) is 5.91 Å². The van der Waals surface area contributed by atoms with E-state index < -0.39 is 6.04 Å². The minimum atomic E-state index is -0.396. The van der Waals surface area contributed by atoms with Crippen molar-refractivity contribution in [2.75, 3.05) is 13.1 Å². The number of amides is 1. The fourth-order valence-electron chi connectivity index (χ4n) is 1.80. The molecule has 0 aliphatic carbocycles. The zero-order chi connectivity index (χ0) is 9.84. The highest BCUT2D eigenvalue weighted by molar-refractivity contribution is 5.81. The molecule has 0 radical (unpaired) electrons. The molecule has 4 heteroatoms. The van der Waals surface area contributed by atoms with Crippen molar-refractivity contribution in [2.45, 2.75) is 38.3 Å². The van der Waals surface area contributed by atoms with Gasteiger partial charge in [0.05, 0.1) is 6.04 Å². The zero-order valence-electron chi connectivity index (χ0n) is 8.20. The molecule has 13 heavy (non-hydrogen) atoms. The first kappa shape index (κ1) is 10.5. The van der Waals surface area contributed by atoms with Gasteiger partial charge in [-0.2, -0.15) is 0 Å². The molecule has 1 unspecified atom stereocenters. The first-order valence-electron chi connectivity index (χ1n) is 4.93. The second-order valence-electron chi connectivity index (χ2n) is 3.71. The minimum absolute atomic E-state index is 0.0372. The van der Waals surface area contributed by atoms with Crippen molar-refractivity contribution in [3.8, 4) is 0 Å². The highest BCUT2D eigenvalue weighted by Gasteiger charge is 2.26. The maximum Gasteiger partial charge on any atom is 0.239 e. The van der Waals surface area contributed by atoms with Crippen molar-refractivity contribution in [3.05, 3.63) is 0 Å². The highest BCUT2D eigenvalue weighted by atomic mass is 16.2. The summed E-state index contributed by atoms with van der Waals surface area (Å²) in [6.07, 6.45) is 3.27. The number of rotatable bonds is 2. The lowest BCUT2D eigenvalue weighted by atomic mass is 10.0. The van der Waals surface area contributed by atoms with Gasteiger partial charge in [-0.25, -0.2) is 0 Å². The van der Waals surface area contributed by atoms with Crippen molar-refractivity contribution in [1.29, 1.82) is 0 Å². The van der Waals surface area contributed by atoms with Crippen LogP contribution in [0.25, 0.3) is 0 Å². The van der Waals surface area contributed by atoms with E-state index in [1.165, 1.54) is 6.42 Å². The number of hydrogen-bond donors (Lipinski definition) is 2. The second kappa shape index (κ2) is 4.58. The van der Waals surface area contributed by atoms with Crippen LogP contribution in [0, 0.1) is 0 Å². The Labute approximate surface area is 79.3 Å². The molecule has 1 rings (SSSR count). The summed E-state index contributed by atoms with van der Waals surface area (Å²) < 4.78 is 0. The SMILES string of the molecule is C[C@H](N)C(=O)N1CCCCC1CN. The van der Waals surface area contributed by atoms with E-state index in [0.717, 1.165) is 19.4 Å². The minimum Gasteiger partial charge on any atom is -0.337 e. The quantitative estimate of drug-likeness (QED) is 0.619. The van der Waals surface area contributed by atoms with Gasteiger partial charge in [0.15, 0.2) is 0 Å². The second-order valence-corrected chi connectivity index (χ2v) is 3.71. The summed E-state index contributed by atoms with van der Waals surface area (Å²) in [5, 5.41) is 0. The van der Waals surface area contributed by atoms with Crippen molar-refractivity contribution < 1.29 is 4.79 Å². The van der Waals surface area contributed by atoms with Gasteiger partial charge in [-0.1, -0.05) is 0 Å². The fraction of sp³-hybridized carbons (Fsp3) is 0.889. The number of piperidine rings is 1. The first-order chi connectivity index (χ1) is 6.16. The van der Waals surface area contributed by atoms with E-state index >= 15 is 0 Å². The van der Waals surface area contributed by atoms with Crippen LogP contribution in [0.2, 0.25) is 0 Å². The Balaban J connectivity index is 2.58. The Kier molecular flexibility index (Phi) is 3.69. The molecule has 0 bridgehead atoms. The smallest absolute Gasteiger partial charge is 0.239 e. The molecule has 0 spiro atoms. The average molecular weight is 185 g/mol. The van der Waals surface area contributed by atoms with Crippen LogP contribution in [0.1, 0.15) is 26.2 Å². The molecular weight excluding hydrogens is 166 g/mol. The lowest BCUT2D eigenvalue weighted by molar-refractivity contribution is -0.135. The lowest BCUT2D eigenvalue weighted by Gasteiger charge is -2.36. The number of likely N-dealkylation sites (tertiary alicyclic amines) is 1. The van der Waals surface area contributed by atoms with Crippen LogP contribution in [0.4, 0.5) is 0 Å². The molecule has 0 aromatic heterocycles. The van der Waals surface area contributed by atoms with Crippen LogP contribution < -0.4 is 11.5 Å². The molecule has 76 valence electrons. The van der Waals surface area contributed by atoms with Crippen LogP contribution >= 0.6 is 0 Å². The van der Waals surface area contributed by atoms with Gasteiger partial charge in [0, 0.05) is 19.1 Å². The fourth-order valence-corrected chi connectivity index (χ4v) is 1.80. The predicted molar refractivity (Wildman–Crippen MR) is 52.1 cm³/mol. The monoisotopic (exact) mass is 185 g/mol. The van der Waals surface area contributed by atoms with Gasteiger partial charge in [-0.3, -0.25) is 4.79 Å². The number of nitrogens with two attached hydrogens (primary N) is 2. The first-order valence-corrected chi connectivity index (χ1v) is 4.93. The lowest BCUT2D eigenvalue weighted by Crippen LogP contribution is -2.52. The molecular formula is C9H19N3O. The van der Waals surface area contributed by atoms with Crippen LogP contribution in [0.15, 0.2) is 0 Å². The molecule has 1 aliphatic heterocycles. The van der Waals surface area contributed by atoms with Gasteiger partial charge >= 0.3 is 0 Å². The topological polar surface area (TPSA) is 72.4 Å². The molecule has 0 saturated carbocycles. The third-order valence-corrected chi connectivity index (χ3v) is 2.57. The summed E-state index contributed by atoms with van der Waals surface area (Å²) in [4.78, 5) is 13.5. The number of nitrogens with zero attached hydrogens (tertiary/aromatic N) is 1. The standard InChI is InChI=1S/C9H19N3O/c1-7(11)9(13)12-5-3-2-4-8(12)6-10/h7-8H,2-6,10-11H2,1H3/t7-,8?/m0/s1. The summed E-state index contributed by atoms with van der Waals surface area (Å²) in [5.41, 5.74) is 11.1. The molecule has 1 fully saturated rings. The molecule has 4 nitrogen and oxygen atoms in total. The van der Waals surface area contributed by atoms with Crippen LogP contribution in [-0.4, -0.2) is 36.0 Å².